The third kappa shape index (κ3) is 9.77. The molecule has 100 valence electrons. The number of unbranched alkanes of at least 4 members (excludes halogenated alkanes) is 1. The Kier molecular flexibility index (Phi) is 9.37. The molecule has 6 heteroatoms. The summed E-state index contributed by atoms with van der Waals surface area (Å²) < 4.78 is 4.87. The van der Waals surface area contributed by atoms with E-state index in [1.54, 1.807) is 12.0 Å². The summed E-state index contributed by atoms with van der Waals surface area (Å²) in [6.07, 6.45) is 1.95. The second-order valence-corrected chi connectivity index (χ2v) is 3.80. The van der Waals surface area contributed by atoms with Crippen molar-refractivity contribution in [3.05, 3.63) is 0 Å². The smallest absolute Gasteiger partial charge is 0.317 e. The van der Waals surface area contributed by atoms with E-state index in [9.17, 15) is 9.59 Å². The fourth-order valence-electron chi connectivity index (χ4n) is 1.29. The number of carboxylic acid groups (broad SMARTS) is 1. The Bertz CT molecular complexity index is 234. The van der Waals surface area contributed by atoms with Crippen molar-refractivity contribution in [2.75, 3.05) is 39.9 Å². The van der Waals surface area contributed by atoms with Crippen molar-refractivity contribution in [1.29, 1.82) is 0 Å². The summed E-state index contributed by atoms with van der Waals surface area (Å²) in [5, 5.41) is 11.4. The van der Waals surface area contributed by atoms with Gasteiger partial charge in [-0.1, -0.05) is 13.3 Å². The van der Waals surface area contributed by atoms with Crippen molar-refractivity contribution in [2.45, 2.75) is 19.8 Å². The first-order valence-electron chi connectivity index (χ1n) is 5.80. The number of carboxylic acids is 1. The van der Waals surface area contributed by atoms with Crippen LogP contribution in [0.5, 0.6) is 0 Å². The van der Waals surface area contributed by atoms with E-state index in [0.717, 1.165) is 12.8 Å². The van der Waals surface area contributed by atoms with Crippen LogP contribution < -0.4 is 5.32 Å². The van der Waals surface area contributed by atoms with Gasteiger partial charge in [0.1, 0.15) is 0 Å². The number of carbonyl (C=O) groups is 2. The number of hydrogen-bond donors (Lipinski definition) is 2. The molecule has 0 bridgehead atoms. The van der Waals surface area contributed by atoms with E-state index in [1.165, 1.54) is 0 Å². The molecule has 0 aliphatic heterocycles. The molecule has 0 radical (unpaired) electrons. The zero-order valence-electron chi connectivity index (χ0n) is 10.6. The molecule has 6 nitrogen and oxygen atoms in total. The van der Waals surface area contributed by atoms with Gasteiger partial charge in [0.05, 0.1) is 19.7 Å². The highest BCUT2D eigenvalue weighted by Crippen LogP contribution is 1.90. The second-order valence-electron chi connectivity index (χ2n) is 3.80. The number of nitrogens with one attached hydrogen (secondary N) is 1. The quantitative estimate of drug-likeness (QED) is 0.528. The van der Waals surface area contributed by atoms with Crippen LogP contribution in [0.3, 0.4) is 0 Å². The Morgan fingerprint density at radius 3 is 2.59 bits per heavy atom. The van der Waals surface area contributed by atoms with Gasteiger partial charge in [0.25, 0.3) is 0 Å². The predicted octanol–water partition coefficient (Wildman–Crippen LogP) is -0.0643. The van der Waals surface area contributed by atoms with Gasteiger partial charge < -0.3 is 15.2 Å². The van der Waals surface area contributed by atoms with Gasteiger partial charge >= 0.3 is 5.97 Å². The number of carbonyl (C=O) groups excluding carboxylic acids is 1. The third-order valence-corrected chi connectivity index (χ3v) is 2.19. The molecule has 0 spiro atoms. The normalized spacial score (nSPS) is 10.5. The summed E-state index contributed by atoms with van der Waals surface area (Å²) in [6.45, 7) is 3.48. The lowest BCUT2D eigenvalue weighted by Gasteiger charge is -2.19. The minimum absolute atomic E-state index is 0.0966. The molecule has 2 N–H and O–H groups in total. The van der Waals surface area contributed by atoms with Gasteiger partial charge in [-0.15, -0.1) is 0 Å². The van der Waals surface area contributed by atoms with E-state index >= 15 is 0 Å². The molecule has 0 atom stereocenters. The molecule has 0 aliphatic rings. The van der Waals surface area contributed by atoms with Gasteiger partial charge in [0, 0.05) is 20.2 Å². The number of ether oxygens (including phenoxy) is 1. The van der Waals surface area contributed by atoms with E-state index in [0.29, 0.717) is 19.7 Å². The Balaban J connectivity index is 3.94. The van der Waals surface area contributed by atoms with E-state index in [1.807, 2.05) is 6.92 Å². The van der Waals surface area contributed by atoms with Crippen molar-refractivity contribution in [1.82, 2.24) is 10.2 Å². The molecule has 0 rings (SSSR count). The lowest BCUT2D eigenvalue weighted by atomic mass is 10.3. The molecule has 0 fully saturated rings. The number of nitrogens with zero attached hydrogens (tertiary/aromatic N) is 1. The zero-order valence-corrected chi connectivity index (χ0v) is 10.6. The van der Waals surface area contributed by atoms with Crippen LogP contribution in [0.15, 0.2) is 0 Å². The van der Waals surface area contributed by atoms with Gasteiger partial charge in [0.2, 0.25) is 5.91 Å². The minimum atomic E-state index is -0.942. The first-order chi connectivity index (χ1) is 8.10. The van der Waals surface area contributed by atoms with Gasteiger partial charge in [-0.05, 0) is 6.42 Å². The summed E-state index contributed by atoms with van der Waals surface area (Å²) in [7, 11) is 1.54. The van der Waals surface area contributed by atoms with Crippen molar-refractivity contribution in [3.8, 4) is 0 Å². The number of rotatable bonds is 10. The fraction of sp³-hybridized carbons (Fsp3) is 0.818. The molecule has 0 aliphatic carbocycles. The fourth-order valence-corrected chi connectivity index (χ4v) is 1.29. The highest BCUT2D eigenvalue weighted by Gasteiger charge is 2.13. The molecule has 0 aromatic heterocycles. The maximum Gasteiger partial charge on any atom is 0.317 e. The lowest BCUT2D eigenvalue weighted by molar-refractivity contribution is -0.138. The monoisotopic (exact) mass is 246 g/mol. The predicted molar refractivity (Wildman–Crippen MR) is 63.9 cm³/mol. The summed E-state index contributed by atoms with van der Waals surface area (Å²) in [6, 6.07) is 0. The molecule has 0 saturated carbocycles. The average Bonchev–Trinajstić information content (AvgIpc) is 2.25. The van der Waals surface area contributed by atoms with Crippen LogP contribution in [0.25, 0.3) is 0 Å². The summed E-state index contributed by atoms with van der Waals surface area (Å²) in [4.78, 5) is 23.6. The van der Waals surface area contributed by atoms with Crippen LogP contribution in [0, 0.1) is 0 Å². The van der Waals surface area contributed by atoms with Crippen LogP contribution in [0.2, 0.25) is 0 Å². The Morgan fingerprint density at radius 2 is 2.06 bits per heavy atom. The SMILES string of the molecule is CCCCNC(=O)CN(CCOC)CC(=O)O. The van der Waals surface area contributed by atoms with Crippen molar-refractivity contribution in [2.24, 2.45) is 0 Å². The second kappa shape index (κ2) is 10.0. The van der Waals surface area contributed by atoms with Crippen molar-refractivity contribution in [3.63, 3.8) is 0 Å². The van der Waals surface area contributed by atoms with Crippen LogP contribution in [0.4, 0.5) is 0 Å². The largest absolute Gasteiger partial charge is 0.480 e. The summed E-state index contributed by atoms with van der Waals surface area (Å²) in [5.74, 6) is -1.08. The third-order valence-electron chi connectivity index (χ3n) is 2.19. The van der Waals surface area contributed by atoms with Crippen molar-refractivity contribution < 1.29 is 19.4 Å². The van der Waals surface area contributed by atoms with Gasteiger partial charge in [0.15, 0.2) is 0 Å². The highest BCUT2D eigenvalue weighted by molar-refractivity contribution is 5.78. The van der Waals surface area contributed by atoms with E-state index in [-0.39, 0.29) is 19.0 Å². The number of aliphatic carboxylic acids is 1. The minimum Gasteiger partial charge on any atom is -0.480 e. The standard InChI is InChI=1S/C11H22N2O4/c1-3-4-5-12-10(14)8-13(6-7-17-2)9-11(15)16/h3-9H2,1-2H3,(H,12,14)(H,15,16). The van der Waals surface area contributed by atoms with Crippen LogP contribution in [0.1, 0.15) is 19.8 Å². The molecule has 0 unspecified atom stereocenters. The molecular weight excluding hydrogens is 224 g/mol. The molecular formula is C11H22N2O4. The molecule has 0 aromatic carbocycles. The molecule has 1 amide bonds. The summed E-state index contributed by atoms with van der Waals surface area (Å²) >= 11 is 0. The van der Waals surface area contributed by atoms with Crippen LogP contribution >= 0.6 is 0 Å². The van der Waals surface area contributed by atoms with E-state index in [4.69, 9.17) is 9.84 Å². The Morgan fingerprint density at radius 1 is 1.35 bits per heavy atom. The number of methoxy groups -OCH3 is 1. The van der Waals surface area contributed by atoms with Gasteiger partial charge in [-0.25, -0.2) is 0 Å². The molecule has 0 saturated heterocycles. The summed E-state index contributed by atoms with van der Waals surface area (Å²) in [5.41, 5.74) is 0. The van der Waals surface area contributed by atoms with E-state index in [2.05, 4.69) is 5.32 Å². The average molecular weight is 246 g/mol. The van der Waals surface area contributed by atoms with Gasteiger partial charge in [-0.2, -0.15) is 0 Å². The Hall–Kier alpha value is -1.14. The first-order valence-corrected chi connectivity index (χ1v) is 5.80. The highest BCUT2D eigenvalue weighted by atomic mass is 16.5. The van der Waals surface area contributed by atoms with Crippen molar-refractivity contribution >= 4 is 11.9 Å². The maximum absolute atomic E-state index is 11.5. The number of amides is 1. The Labute approximate surface area is 102 Å². The maximum atomic E-state index is 11.5. The van der Waals surface area contributed by atoms with Crippen LogP contribution in [-0.4, -0.2) is 61.8 Å². The first kappa shape index (κ1) is 15.9. The number of hydrogen-bond acceptors (Lipinski definition) is 4. The van der Waals surface area contributed by atoms with Crippen LogP contribution in [-0.2, 0) is 14.3 Å². The molecule has 17 heavy (non-hydrogen) atoms. The topological polar surface area (TPSA) is 78.9 Å². The molecule has 0 aromatic rings. The lowest BCUT2D eigenvalue weighted by Crippen LogP contribution is -2.41. The van der Waals surface area contributed by atoms with E-state index < -0.39 is 5.97 Å². The zero-order chi connectivity index (χ0) is 13.1. The molecule has 0 heterocycles. The van der Waals surface area contributed by atoms with Gasteiger partial charge in [-0.3, -0.25) is 14.5 Å².